The molecule has 18 nitrogen and oxygen atoms in total. The van der Waals surface area contributed by atoms with E-state index in [2.05, 4.69) is 116 Å². The lowest BCUT2D eigenvalue weighted by Gasteiger charge is -2.28. The van der Waals surface area contributed by atoms with Crippen LogP contribution in [0.2, 0.25) is 0 Å². The molecule has 0 saturated carbocycles. The van der Waals surface area contributed by atoms with Crippen molar-refractivity contribution in [3.63, 3.8) is 0 Å². The number of fused-ring (bicyclic) bond motifs is 2. The number of carbonyl (C=O) groups is 2. The summed E-state index contributed by atoms with van der Waals surface area (Å²) in [6.45, 7) is 19.3. The molecule has 2 aliphatic heterocycles. The molecule has 0 unspecified atom stereocenters. The van der Waals surface area contributed by atoms with Gasteiger partial charge in [-0.25, -0.2) is 39.5 Å². The topological polar surface area (TPSA) is 255 Å². The van der Waals surface area contributed by atoms with Crippen LogP contribution in [-0.4, -0.2) is 148 Å². The third kappa shape index (κ3) is 14.0. The van der Waals surface area contributed by atoms with Crippen LogP contribution < -0.4 is 10.6 Å². The van der Waals surface area contributed by atoms with Gasteiger partial charge in [-0.15, -0.1) is 0 Å². The number of H-pyrrole nitrogens is 2. The van der Waals surface area contributed by atoms with Gasteiger partial charge in [0.05, 0.1) is 44.6 Å². The molecule has 0 amide bonds. The maximum Gasteiger partial charge on any atom is 0.335 e. The minimum Gasteiger partial charge on any atom is -0.479 e. The van der Waals surface area contributed by atoms with E-state index >= 15 is 0 Å². The lowest BCUT2D eigenvalue weighted by Crippen LogP contribution is -2.39. The number of nitrogens with zero attached hydrogens (tertiary/aromatic N) is 8. The number of imidazole rings is 2. The second-order valence-electron chi connectivity index (χ2n) is 18.7. The number of rotatable bonds is 15. The summed E-state index contributed by atoms with van der Waals surface area (Å²) in [6, 6.07) is 8.59. The average Bonchev–Trinajstić information content (AvgIpc) is 3.93. The fourth-order valence-corrected chi connectivity index (χ4v) is 8.92. The van der Waals surface area contributed by atoms with Gasteiger partial charge in [0, 0.05) is 25.5 Å². The Morgan fingerprint density at radius 1 is 0.618 bits per heavy atom. The first-order valence-corrected chi connectivity index (χ1v) is 23.7. The molecule has 2 atom stereocenters. The SMILES string of the molecule is Cc1cc(C)c2nc(-c3cnc(NCCCC4CCN(C)CC4)nc3C)[nH]c2c1.Cc1cc(C)c2nc(-c3cnc(NCCCC4CCN(C)CC4)nc3C)[nH]c2c1.O=C(O)[C@H](O)[C@@H](O)C(=O)O. The van der Waals surface area contributed by atoms with Crippen molar-refractivity contribution in [3.8, 4) is 22.8 Å². The quantitative estimate of drug-likeness (QED) is 0.0491. The molecule has 68 heavy (non-hydrogen) atoms. The van der Waals surface area contributed by atoms with E-state index in [0.29, 0.717) is 11.9 Å². The van der Waals surface area contributed by atoms with E-state index < -0.39 is 24.1 Å². The summed E-state index contributed by atoms with van der Waals surface area (Å²) in [5.41, 5.74) is 12.8. The van der Waals surface area contributed by atoms with Crippen molar-refractivity contribution in [1.82, 2.24) is 49.7 Å². The Labute approximate surface area is 398 Å². The molecule has 8 rings (SSSR count). The number of carboxylic acid groups (broad SMARTS) is 2. The number of carboxylic acids is 2. The number of aromatic nitrogens is 8. The molecule has 4 aromatic heterocycles. The standard InChI is InChI=1S/2C23H32N6.C4H6O6/c2*1-15-12-16(2)21-20(13-15)27-22(28-21)19-14-25-23(26-17(19)3)24-9-5-6-18-7-10-29(4)11-8-18;5-1(3(7)8)2(6)4(9)10/h2*12-14,18H,5-11H2,1-4H3,(H,27,28)(H,24,25,26);1-2,5-6H,(H,7,8)(H,9,10)/t;;1-,2-/m..1/s1. The Hall–Kier alpha value is -6.08. The van der Waals surface area contributed by atoms with Gasteiger partial charge >= 0.3 is 11.9 Å². The lowest BCUT2D eigenvalue weighted by atomic mass is 9.92. The second kappa shape index (κ2) is 23.8. The predicted molar refractivity (Wildman–Crippen MR) is 266 cm³/mol. The highest BCUT2D eigenvalue weighted by molar-refractivity contribution is 5.85. The number of aromatic amines is 2. The number of aryl methyl sites for hydroxylation is 6. The number of aliphatic hydroxyl groups is 2. The molecule has 0 radical (unpaired) electrons. The Morgan fingerprint density at radius 3 is 1.32 bits per heavy atom. The van der Waals surface area contributed by atoms with Crippen LogP contribution in [0.5, 0.6) is 0 Å². The molecule has 6 aromatic rings. The van der Waals surface area contributed by atoms with Gasteiger partial charge in [0.15, 0.2) is 12.2 Å². The number of anilines is 2. The number of likely N-dealkylation sites (tertiary alicyclic amines) is 2. The van der Waals surface area contributed by atoms with E-state index in [0.717, 1.165) is 81.2 Å². The van der Waals surface area contributed by atoms with Gasteiger partial charge in [0.1, 0.15) is 11.6 Å². The summed E-state index contributed by atoms with van der Waals surface area (Å²) in [5.74, 6) is 1.29. The van der Waals surface area contributed by atoms with Gasteiger partial charge in [0.2, 0.25) is 11.9 Å². The van der Waals surface area contributed by atoms with E-state index in [1.54, 1.807) is 0 Å². The molecule has 0 aliphatic carbocycles. The minimum absolute atomic E-state index is 0.706. The van der Waals surface area contributed by atoms with Crippen LogP contribution in [0, 0.1) is 53.4 Å². The average molecular weight is 935 g/mol. The minimum atomic E-state index is -2.27. The zero-order valence-corrected chi connectivity index (χ0v) is 40.9. The van der Waals surface area contributed by atoms with Crippen molar-refractivity contribution < 1.29 is 30.0 Å². The number of aliphatic carboxylic acids is 2. The third-order valence-electron chi connectivity index (χ3n) is 12.9. The van der Waals surface area contributed by atoms with Crippen LogP contribution in [0.15, 0.2) is 36.7 Å². The second-order valence-corrected chi connectivity index (χ2v) is 18.7. The molecule has 2 aliphatic rings. The van der Waals surface area contributed by atoms with Crippen LogP contribution in [0.3, 0.4) is 0 Å². The molecule has 8 N–H and O–H groups in total. The van der Waals surface area contributed by atoms with Crippen molar-refractivity contribution in [2.24, 2.45) is 11.8 Å². The summed E-state index contributed by atoms with van der Waals surface area (Å²) in [4.78, 5) is 59.2. The highest BCUT2D eigenvalue weighted by Crippen LogP contribution is 2.28. The van der Waals surface area contributed by atoms with E-state index in [4.69, 9.17) is 30.4 Å². The molecular formula is C50H70N12O6. The van der Waals surface area contributed by atoms with E-state index in [1.165, 1.54) is 99.8 Å². The first kappa shape index (κ1) is 51.3. The van der Waals surface area contributed by atoms with Crippen molar-refractivity contribution in [2.75, 3.05) is 64.0 Å². The van der Waals surface area contributed by atoms with Crippen LogP contribution in [-0.2, 0) is 9.59 Å². The van der Waals surface area contributed by atoms with Gasteiger partial charge in [-0.3, -0.25) is 0 Å². The fraction of sp³-hybridized carbons (Fsp3) is 0.520. The van der Waals surface area contributed by atoms with E-state index in [9.17, 15) is 9.59 Å². The van der Waals surface area contributed by atoms with Crippen molar-refractivity contribution in [3.05, 3.63) is 70.3 Å². The molecule has 0 bridgehead atoms. The maximum atomic E-state index is 9.77. The smallest absolute Gasteiger partial charge is 0.335 e. The molecule has 2 saturated heterocycles. The van der Waals surface area contributed by atoms with Crippen molar-refractivity contribution in [2.45, 2.75) is 105 Å². The summed E-state index contributed by atoms with van der Waals surface area (Å²) in [7, 11) is 4.43. The van der Waals surface area contributed by atoms with Gasteiger partial charge in [-0.1, -0.05) is 12.1 Å². The van der Waals surface area contributed by atoms with Crippen LogP contribution in [0.1, 0.15) is 85.0 Å². The number of benzene rings is 2. The summed E-state index contributed by atoms with van der Waals surface area (Å²) in [5, 5.41) is 39.3. The van der Waals surface area contributed by atoms with E-state index in [-0.39, 0.29) is 0 Å². The molecule has 18 heteroatoms. The highest BCUT2D eigenvalue weighted by atomic mass is 16.4. The normalized spacial score (nSPS) is 15.9. The molecule has 2 aromatic carbocycles. The van der Waals surface area contributed by atoms with E-state index in [1.807, 2.05) is 26.2 Å². The Balaban J connectivity index is 0.000000187. The summed E-state index contributed by atoms with van der Waals surface area (Å²) < 4.78 is 0. The molecule has 6 heterocycles. The number of aliphatic hydroxyl groups excluding tert-OH is 2. The Kier molecular flexibility index (Phi) is 17.9. The number of hydrogen-bond donors (Lipinski definition) is 8. The fourth-order valence-electron chi connectivity index (χ4n) is 8.92. The summed E-state index contributed by atoms with van der Waals surface area (Å²) >= 11 is 0. The lowest BCUT2D eigenvalue weighted by molar-refractivity contribution is -0.165. The predicted octanol–water partition coefficient (Wildman–Crippen LogP) is 6.84. The summed E-state index contributed by atoms with van der Waals surface area (Å²) in [6.07, 6.45) is 9.45. The van der Waals surface area contributed by atoms with Gasteiger partial charge in [-0.05, 0) is 179 Å². The maximum absolute atomic E-state index is 9.77. The highest BCUT2D eigenvalue weighted by Gasteiger charge is 2.29. The number of hydrogen-bond acceptors (Lipinski definition) is 14. The zero-order chi connectivity index (χ0) is 49.1. The van der Waals surface area contributed by atoms with Crippen molar-refractivity contribution >= 4 is 45.9 Å². The molecule has 0 spiro atoms. The van der Waals surface area contributed by atoms with Crippen LogP contribution in [0.4, 0.5) is 11.9 Å². The zero-order valence-electron chi connectivity index (χ0n) is 40.9. The molecule has 2 fully saturated rings. The van der Waals surface area contributed by atoms with Gasteiger partial charge in [-0.2, -0.15) is 0 Å². The van der Waals surface area contributed by atoms with Gasteiger partial charge in [0.25, 0.3) is 0 Å². The number of piperidine rings is 2. The largest absolute Gasteiger partial charge is 0.479 e. The van der Waals surface area contributed by atoms with Crippen LogP contribution in [0.25, 0.3) is 44.8 Å². The van der Waals surface area contributed by atoms with Crippen LogP contribution >= 0.6 is 0 Å². The Morgan fingerprint density at radius 2 is 0.985 bits per heavy atom. The third-order valence-corrected chi connectivity index (χ3v) is 12.9. The first-order valence-electron chi connectivity index (χ1n) is 23.7. The number of nitrogens with one attached hydrogen (secondary N) is 4. The molecule has 366 valence electrons. The first-order chi connectivity index (χ1) is 32.4. The monoisotopic (exact) mass is 935 g/mol. The van der Waals surface area contributed by atoms with Gasteiger partial charge < -0.3 is 50.8 Å². The van der Waals surface area contributed by atoms with Crippen molar-refractivity contribution in [1.29, 1.82) is 0 Å². The molecular weight excluding hydrogens is 865 g/mol. The Bertz CT molecular complexity index is 2450.